The van der Waals surface area contributed by atoms with Crippen LogP contribution in [0.1, 0.15) is 28.8 Å². The molecule has 1 heterocycles. The molecule has 1 aromatic carbocycles. The van der Waals surface area contributed by atoms with Crippen molar-refractivity contribution in [2.24, 2.45) is 0 Å². The number of carbonyl (C=O) groups is 1. The molecule has 0 aliphatic heterocycles. The van der Waals surface area contributed by atoms with Crippen LogP contribution in [0.2, 0.25) is 0 Å². The number of anilines is 1. The zero-order valence-electron chi connectivity index (χ0n) is 10.9. The van der Waals surface area contributed by atoms with E-state index in [1.165, 1.54) is 6.07 Å². The van der Waals surface area contributed by atoms with E-state index in [2.05, 4.69) is 5.32 Å². The molecule has 0 bridgehead atoms. The van der Waals surface area contributed by atoms with Gasteiger partial charge in [-0.3, -0.25) is 9.59 Å². The summed E-state index contributed by atoms with van der Waals surface area (Å²) in [4.78, 5) is 24.0. The lowest BCUT2D eigenvalue weighted by molar-refractivity contribution is 0.102. The van der Waals surface area contributed by atoms with Crippen LogP contribution in [0.4, 0.5) is 5.69 Å². The largest absolute Gasteiger partial charge is 0.465 e. The van der Waals surface area contributed by atoms with Gasteiger partial charge in [-0.25, -0.2) is 0 Å². The zero-order valence-corrected chi connectivity index (χ0v) is 10.9. The van der Waals surface area contributed by atoms with E-state index in [1.807, 2.05) is 25.1 Å². The molecule has 98 valence electrons. The van der Waals surface area contributed by atoms with E-state index in [1.54, 1.807) is 19.1 Å². The van der Waals surface area contributed by atoms with Crippen LogP contribution in [-0.4, -0.2) is 5.91 Å². The summed E-state index contributed by atoms with van der Waals surface area (Å²) in [5.41, 5.74) is 0.390. The van der Waals surface area contributed by atoms with Crippen molar-refractivity contribution in [3.63, 3.8) is 0 Å². The van der Waals surface area contributed by atoms with E-state index < -0.39 is 5.91 Å². The fourth-order valence-corrected chi connectivity index (χ4v) is 1.83. The highest BCUT2D eigenvalue weighted by molar-refractivity contribution is 6.04. The Morgan fingerprint density at radius 3 is 2.53 bits per heavy atom. The van der Waals surface area contributed by atoms with Gasteiger partial charge in [-0.2, -0.15) is 0 Å². The van der Waals surface area contributed by atoms with Crippen LogP contribution in [0.25, 0.3) is 0 Å². The number of benzene rings is 1. The molecule has 4 nitrogen and oxygen atoms in total. The normalized spacial score (nSPS) is 10.2. The second kappa shape index (κ2) is 5.52. The molecule has 1 amide bonds. The molecule has 4 heteroatoms. The molecule has 0 fully saturated rings. The smallest absolute Gasteiger partial charge is 0.263 e. The number of aryl methyl sites for hydroxylation is 2. The van der Waals surface area contributed by atoms with E-state index in [9.17, 15) is 9.59 Å². The van der Waals surface area contributed by atoms with Crippen molar-refractivity contribution in [1.82, 2.24) is 0 Å². The molecule has 0 saturated heterocycles. The van der Waals surface area contributed by atoms with Gasteiger partial charge in [0.1, 0.15) is 17.1 Å². The molecule has 2 rings (SSSR count). The Morgan fingerprint density at radius 2 is 1.95 bits per heavy atom. The molecule has 0 atom stereocenters. The fraction of sp³-hybridized carbons (Fsp3) is 0.200. The van der Waals surface area contributed by atoms with Gasteiger partial charge in [-0.15, -0.1) is 0 Å². The number of amides is 1. The molecule has 2 aromatic rings. The average molecular weight is 257 g/mol. The molecule has 0 spiro atoms. The Kier molecular flexibility index (Phi) is 3.80. The van der Waals surface area contributed by atoms with Gasteiger partial charge < -0.3 is 9.73 Å². The summed E-state index contributed by atoms with van der Waals surface area (Å²) in [6.07, 6.45) is 0.622. The third kappa shape index (κ3) is 2.91. The van der Waals surface area contributed by atoms with Crippen LogP contribution in [0.5, 0.6) is 0 Å². The number of nitrogens with one attached hydrogen (secondary N) is 1. The summed E-state index contributed by atoms with van der Waals surface area (Å²) >= 11 is 0. The number of rotatable bonds is 3. The minimum atomic E-state index is -0.444. The second-order valence-electron chi connectivity index (χ2n) is 4.18. The third-order valence-corrected chi connectivity index (χ3v) is 2.78. The van der Waals surface area contributed by atoms with Gasteiger partial charge >= 0.3 is 0 Å². The Morgan fingerprint density at radius 1 is 1.26 bits per heavy atom. The lowest BCUT2D eigenvalue weighted by Gasteiger charge is -2.07. The van der Waals surface area contributed by atoms with Gasteiger partial charge in [0.2, 0.25) is 0 Å². The molecule has 0 saturated carbocycles. The highest BCUT2D eigenvalue weighted by Crippen LogP contribution is 2.11. The SMILES string of the molecule is CCc1cc(=O)c(C(=O)Nc2ccccc2)c(C)o1. The van der Waals surface area contributed by atoms with Crippen molar-refractivity contribution < 1.29 is 9.21 Å². The molecule has 0 unspecified atom stereocenters. The Hall–Kier alpha value is -2.36. The van der Waals surface area contributed by atoms with Crippen molar-refractivity contribution in [2.45, 2.75) is 20.3 Å². The van der Waals surface area contributed by atoms with Gasteiger partial charge in [-0.05, 0) is 19.1 Å². The summed E-state index contributed by atoms with van der Waals surface area (Å²) in [5, 5.41) is 2.68. The monoisotopic (exact) mass is 257 g/mol. The van der Waals surface area contributed by atoms with Gasteiger partial charge in [-0.1, -0.05) is 25.1 Å². The maximum atomic E-state index is 12.1. The average Bonchev–Trinajstić information content (AvgIpc) is 2.38. The van der Waals surface area contributed by atoms with Crippen LogP contribution in [-0.2, 0) is 6.42 Å². The van der Waals surface area contributed by atoms with E-state index >= 15 is 0 Å². The molecule has 0 radical (unpaired) electrons. The Balaban J connectivity index is 2.32. The van der Waals surface area contributed by atoms with Crippen LogP contribution in [0, 0.1) is 6.92 Å². The zero-order chi connectivity index (χ0) is 13.8. The number of carbonyl (C=O) groups excluding carboxylic acids is 1. The van der Waals surface area contributed by atoms with E-state index in [-0.39, 0.29) is 11.0 Å². The third-order valence-electron chi connectivity index (χ3n) is 2.78. The van der Waals surface area contributed by atoms with Gasteiger partial charge in [0.05, 0.1) is 0 Å². The Labute approximate surface area is 111 Å². The number of hydrogen-bond acceptors (Lipinski definition) is 3. The summed E-state index contributed by atoms with van der Waals surface area (Å²) in [6.45, 7) is 3.52. The van der Waals surface area contributed by atoms with Crippen LogP contribution in [0.3, 0.4) is 0 Å². The van der Waals surface area contributed by atoms with Gasteiger partial charge in [0.15, 0.2) is 5.43 Å². The predicted molar refractivity (Wildman–Crippen MR) is 73.5 cm³/mol. The first-order valence-electron chi connectivity index (χ1n) is 6.12. The minimum absolute atomic E-state index is 0.0565. The first-order valence-corrected chi connectivity index (χ1v) is 6.12. The topological polar surface area (TPSA) is 59.3 Å². The maximum Gasteiger partial charge on any atom is 0.263 e. The highest BCUT2D eigenvalue weighted by atomic mass is 16.3. The first kappa shape index (κ1) is 13.1. The molecule has 1 aromatic heterocycles. The van der Waals surface area contributed by atoms with E-state index in [4.69, 9.17) is 4.42 Å². The predicted octanol–water partition coefficient (Wildman–Crippen LogP) is 2.76. The van der Waals surface area contributed by atoms with Crippen LogP contribution in [0.15, 0.2) is 45.6 Å². The number of hydrogen-bond donors (Lipinski definition) is 1. The molecule has 19 heavy (non-hydrogen) atoms. The summed E-state index contributed by atoms with van der Waals surface area (Å²) < 4.78 is 5.44. The van der Waals surface area contributed by atoms with E-state index in [0.717, 1.165) is 0 Å². The lowest BCUT2D eigenvalue weighted by Crippen LogP contribution is -2.23. The lowest BCUT2D eigenvalue weighted by atomic mass is 10.1. The van der Waals surface area contributed by atoms with Gasteiger partial charge in [0, 0.05) is 18.2 Å². The first-order chi connectivity index (χ1) is 9.11. The van der Waals surface area contributed by atoms with Crippen LogP contribution >= 0.6 is 0 Å². The van der Waals surface area contributed by atoms with E-state index in [0.29, 0.717) is 23.6 Å². The van der Waals surface area contributed by atoms with Gasteiger partial charge in [0.25, 0.3) is 5.91 Å². The molecular weight excluding hydrogens is 242 g/mol. The molecule has 0 aliphatic rings. The summed E-state index contributed by atoms with van der Waals surface area (Å²) in [7, 11) is 0. The van der Waals surface area contributed by atoms with Crippen LogP contribution < -0.4 is 10.7 Å². The van der Waals surface area contributed by atoms with Crippen molar-refractivity contribution >= 4 is 11.6 Å². The van der Waals surface area contributed by atoms with Crippen molar-refractivity contribution in [1.29, 1.82) is 0 Å². The van der Waals surface area contributed by atoms with Crippen molar-refractivity contribution in [2.75, 3.05) is 5.32 Å². The molecule has 0 aliphatic carbocycles. The fourth-order valence-electron chi connectivity index (χ4n) is 1.83. The van der Waals surface area contributed by atoms with Crippen molar-refractivity contribution in [3.05, 3.63) is 63.7 Å². The molecular formula is C15H15NO3. The quantitative estimate of drug-likeness (QED) is 0.919. The maximum absolute atomic E-state index is 12.1. The van der Waals surface area contributed by atoms with Crippen molar-refractivity contribution in [3.8, 4) is 0 Å². The summed E-state index contributed by atoms with van der Waals surface area (Å²) in [6, 6.07) is 10.4. The molecule has 1 N–H and O–H groups in total. The Bertz CT molecular complexity index is 644. The minimum Gasteiger partial charge on any atom is -0.465 e. The number of para-hydroxylation sites is 1. The summed E-state index contributed by atoms with van der Waals surface area (Å²) in [5.74, 6) is 0.483. The second-order valence-corrected chi connectivity index (χ2v) is 4.18. The standard InChI is InChI=1S/C15H15NO3/c1-3-12-9-13(17)14(10(2)19-12)15(18)16-11-7-5-4-6-8-11/h4-9H,3H2,1-2H3,(H,16,18). The highest BCUT2D eigenvalue weighted by Gasteiger charge is 2.16.